The van der Waals surface area contributed by atoms with Gasteiger partial charge in [0, 0.05) is 17.3 Å². The molecule has 0 aliphatic heterocycles. The van der Waals surface area contributed by atoms with Gasteiger partial charge in [-0.1, -0.05) is 18.6 Å². The van der Waals surface area contributed by atoms with Crippen molar-refractivity contribution in [2.45, 2.75) is 26.2 Å². The second-order valence-corrected chi connectivity index (χ2v) is 6.09. The maximum absolute atomic E-state index is 12.0. The van der Waals surface area contributed by atoms with E-state index in [1.165, 1.54) is 0 Å². The quantitative estimate of drug-likeness (QED) is 0.769. The van der Waals surface area contributed by atoms with Crippen LogP contribution in [0.15, 0.2) is 48.5 Å². The van der Waals surface area contributed by atoms with E-state index in [1.807, 2.05) is 36.4 Å². The van der Waals surface area contributed by atoms with Crippen molar-refractivity contribution in [1.82, 2.24) is 0 Å². The zero-order valence-electron chi connectivity index (χ0n) is 14.2. The standard InChI is InChI=1S/C20H22N2O3/c1-2-25-20(24)17-8-3-4-9-18(17)21-15-10-12-16(13-11-15)22-19(23)14-6-5-7-14/h3-4,8-14,21H,2,5-7H2,1H3,(H,22,23). The predicted molar refractivity (Wildman–Crippen MR) is 98.1 cm³/mol. The Balaban J connectivity index is 1.67. The molecule has 1 fully saturated rings. The van der Waals surface area contributed by atoms with Gasteiger partial charge in [0.15, 0.2) is 0 Å². The van der Waals surface area contributed by atoms with Crippen LogP contribution in [-0.2, 0) is 9.53 Å². The molecule has 25 heavy (non-hydrogen) atoms. The van der Waals surface area contributed by atoms with Crippen LogP contribution < -0.4 is 10.6 Å². The molecule has 130 valence electrons. The van der Waals surface area contributed by atoms with E-state index in [0.29, 0.717) is 17.9 Å². The lowest BCUT2D eigenvalue weighted by molar-refractivity contribution is -0.122. The number of rotatable bonds is 6. The van der Waals surface area contributed by atoms with Crippen LogP contribution in [0.3, 0.4) is 0 Å². The van der Waals surface area contributed by atoms with Gasteiger partial charge >= 0.3 is 5.97 Å². The molecular formula is C20H22N2O3. The number of carbonyl (C=O) groups is 2. The fraction of sp³-hybridized carbons (Fsp3) is 0.300. The van der Waals surface area contributed by atoms with Crippen molar-refractivity contribution >= 4 is 28.9 Å². The molecule has 0 aromatic heterocycles. The number of esters is 1. The maximum Gasteiger partial charge on any atom is 0.340 e. The third-order valence-corrected chi connectivity index (χ3v) is 4.33. The van der Waals surface area contributed by atoms with Gasteiger partial charge in [0.1, 0.15) is 0 Å². The molecule has 5 heteroatoms. The lowest BCUT2D eigenvalue weighted by Gasteiger charge is -2.24. The number of carbonyl (C=O) groups excluding carboxylic acids is 2. The molecule has 0 spiro atoms. The zero-order valence-corrected chi connectivity index (χ0v) is 14.2. The normalized spacial score (nSPS) is 13.6. The van der Waals surface area contributed by atoms with Crippen LogP contribution in [0.2, 0.25) is 0 Å². The Kier molecular flexibility index (Phi) is 5.33. The lowest BCUT2D eigenvalue weighted by Crippen LogP contribution is -2.27. The average molecular weight is 338 g/mol. The summed E-state index contributed by atoms with van der Waals surface area (Å²) in [5.74, 6) is -0.0937. The number of anilines is 3. The van der Waals surface area contributed by atoms with Crippen molar-refractivity contribution in [2.75, 3.05) is 17.2 Å². The number of hydrogen-bond acceptors (Lipinski definition) is 4. The van der Waals surface area contributed by atoms with Crippen molar-refractivity contribution < 1.29 is 14.3 Å². The third-order valence-electron chi connectivity index (χ3n) is 4.33. The van der Waals surface area contributed by atoms with E-state index in [1.54, 1.807) is 19.1 Å². The first-order valence-corrected chi connectivity index (χ1v) is 8.61. The fourth-order valence-corrected chi connectivity index (χ4v) is 2.69. The van der Waals surface area contributed by atoms with Crippen LogP contribution in [0.5, 0.6) is 0 Å². The van der Waals surface area contributed by atoms with Crippen molar-refractivity contribution in [3.8, 4) is 0 Å². The van der Waals surface area contributed by atoms with Crippen molar-refractivity contribution in [2.24, 2.45) is 5.92 Å². The summed E-state index contributed by atoms with van der Waals surface area (Å²) in [6, 6.07) is 14.7. The van der Waals surface area contributed by atoms with Gasteiger partial charge in [0.25, 0.3) is 0 Å². The molecule has 0 heterocycles. The fourth-order valence-electron chi connectivity index (χ4n) is 2.69. The monoisotopic (exact) mass is 338 g/mol. The van der Waals surface area contributed by atoms with E-state index in [4.69, 9.17) is 4.74 Å². The second kappa shape index (κ2) is 7.83. The summed E-state index contributed by atoms with van der Waals surface area (Å²) >= 11 is 0. The summed E-state index contributed by atoms with van der Waals surface area (Å²) in [5, 5.41) is 6.16. The molecule has 1 amide bonds. The Labute approximate surface area is 147 Å². The number of nitrogens with one attached hydrogen (secondary N) is 2. The number of para-hydroxylation sites is 1. The van der Waals surface area contributed by atoms with Crippen LogP contribution >= 0.6 is 0 Å². The summed E-state index contributed by atoms with van der Waals surface area (Å²) < 4.78 is 5.08. The van der Waals surface area contributed by atoms with Gasteiger partial charge in [-0.05, 0) is 56.2 Å². The molecule has 0 bridgehead atoms. The molecule has 5 nitrogen and oxygen atoms in total. The number of ether oxygens (including phenoxy) is 1. The average Bonchev–Trinajstić information content (AvgIpc) is 2.56. The molecule has 3 rings (SSSR count). The van der Waals surface area contributed by atoms with Crippen LogP contribution in [0.4, 0.5) is 17.1 Å². The summed E-state index contributed by atoms with van der Waals surface area (Å²) in [5.41, 5.74) is 2.79. The van der Waals surface area contributed by atoms with E-state index in [2.05, 4.69) is 10.6 Å². The smallest absolute Gasteiger partial charge is 0.340 e. The Hall–Kier alpha value is -2.82. The highest BCUT2D eigenvalue weighted by Crippen LogP contribution is 2.28. The molecule has 0 unspecified atom stereocenters. The first kappa shape index (κ1) is 17.0. The van der Waals surface area contributed by atoms with Crippen molar-refractivity contribution in [3.63, 3.8) is 0 Å². The topological polar surface area (TPSA) is 67.4 Å². The third kappa shape index (κ3) is 4.18. The summed E-state index contributed by atoms with van der Waals surface area (Å²) in [6.07, 6.45) is 3.10. The van der Waals surface area contributed by atoms with Gasteiger partial charge < -0.3 is 15.4 Å². The molecule has 1 saturated carbocycles. The minimum Gasteiger partial charge on any atom is -0.462 e. The Morgan fingerprint density at radius 2 is 1.72 bits per heavy atom. The molecular weight excluding hydrogens is 316 g/mol. The van der Waals surface area contributed by atoms with Crippen LogP contribution in [0.25, 0.3) is 0 Å². The van der Waals surface area contributed by atoms with E-state index in [0.717, 1.165) is 30.6 Å². The summed E-state index contributed by atoms with van der Waals surface area (Å²) in [4.78, 5) is 24.0. The molecule has 1 aliphatic carbocycles. The second-order valence-electron chi connectivity index (χ2n) is 6.09. The molecule has 1 aliphatic rings. The Morgan fingerprint density at radius 1 is 1.04 bits per heavy atom. The highest BCUT2D eigenvalue weighted by molar-refractivity contribution is 5.96. The van der Waals surface area contributed by atoms with Gasteiger partial charge in [-0.3, -0.25) is 4.79 Å². The molecule has 2 aromatic rings. The SMILES string of the molecule is CCOC(=O)c1ccccc1Nc1ccc(NC(=O)C2CCC2)cc1. The zero-order chi connectivity index (χ0) is 17.6. The van der Waals surface area contributed by atoms with Gasteiger partial charge in [-0.2, -0.15) is 0 Å². The lowest BCUT2D eigenvalue weighted by atomic mass is 9.85. The summed E-state index contributed by atoms with van der Waals surface area (Å²) in [7, 11) is 0. The van der Waals surface area contributed by atoms with Crippen molar-refractivity contribution in [3.05, 3.63) is 54.1 Å². The molecule has 2 aromatic carbocycles. The predicted octanol–water partition coefficient (Wildman–Crippen LogP) is 4.35. The van der Waals surface area contributed by atoms with Crippen LogP contribution in [0.1, 0.15) is 36.5 Å². The van der Waals surface area contributed by atoms with Gasteiger partial charge in [0.05, 0.1) is 17.9 Å². The molecule has 0 saturated heterocycles. The van der Waals surface area contributed by atoms with Gasteiger partial charge in [-0.25, -0.2) is 4.79 Å². The molecule has 2 N–H and O–H groups in total. The van der Waals surface area contributed by atoms with E-state index in [-0.39, 0.29) is 17.8 Å². The van der Waals surface area contributed by atoms with Crippen LogP contribution in [-0.4, -0.2) is 18.5 Å². The Morgan fingerprint density at radius 3 is 2.36 bits per heavy atom. The highest BCUT2D eigenvalue weighted by Gasteiger charge is 2.25. The van der Waals surface area contributed by atoms with Gasteiger partial charge in [-0.15, -0.1) is 0 Å². The minimum atomic E-state index is -0.352. The van der Waals surface area contributed by atoms with Gasteiger partial charge in [0.2, 0.25) is 5.91 Å². The Bertz CT molecular complexity index is 752. The van der Waals surface area contributed by atoms with E-state index in [9.17, 15) is 9.59 Å². The highest BCUT2D eigenvalue weighted by atomic mass is 16.5. The molecule has 0 radical (unpaired) electrons. The van der Waals surface area contributed by atoms with E-state index >= 15 is 0 Å². The first-order valence-electron chi connectivity index (χ1n) is 8.61. The van der Waals surface area contributed by atoms with Crippen LogP contribution in [0, 0.1) is 5.92 Å². The largest absolute Gasteiger partial charge is 0.462 e. The number of benzene rings is 2. The van der Waals surface area contributed by atoms with E-state index < -0.39 is 0 Å². The minimum absolute atomic E-state index is 0.0969. The number of amides is 1. The van der Waals surface area contributed by atoms with Crippen molar-refractivity contribution in [1.29, 1.82) is 0 Å². The first-order chi connectivity index (χ1) is 12.2. The maximum atomic E-state index is 12.0. The molecule has 0 atom stereocenters. The summed E-state index contributed by atoms with van der Waals surface area (Å²) in [6.45, 7) is 2.12. The number of hydrogen-bond donors (Lipinski definition) is 2.